The number of fused-ring (bicyclic) bond motifs is 1. The molecule has 0 bridgehead atoms. The molecule has 1 atom stereocenters. The Labute approximate surface area is 205 Å². The third kappa shape index (κ3) is 5.21. The zero-order chi connectivity index (χ0) is 23.5. The van der Waals surface area contributed by atoms with E-state index in [9.17, 15) is 8.78 Å². The minimum absolute atomic E-state index is 0.157. The van der Waals surface area contributed by atoms with Gasteiger partial charge in [-0.3, -0.25) is 4.90 Å². The first kappa shape index (κ1) is 23.1. The Balaban J connectivity index is 1.25. The van der Waals surface area contributed by atoms with Crippen LogP contribution in [-0.4, -0.2) is 50.7 Å². The summed E-state index contributed by atoms with van der Waals surface area (Å²) < 4.78 is 27.8. The summed E-state index contributed by atoms with van der Waals surface area (Å²) in [7, 11) is 0. The van der Waals surface area contributed by atoms with Crippen molar-refractivity contribution >= 4 is 23.0 Å². The van der Waals surface area contributed by atoms with Crippen LogP contribution in [0.25, 0.3) is 0 Å². The Hall–Kier alpha value is -2.63. The van der Waals surface area contributed by atoms with Crippen molar-refractivity contribution in [3.05, 3.63) is 94.5 Å². The third-order valence-electron chi connectivity index (χ3n) is 7.15. The van der Waals surface area contributed by atoms with Crippen LogP contribution >= 0.6 is 11.6 Å². The molecular formula is C28H30ClF2N3. The molecule has 0 saturated carbocycles. The van der Waals surface area contributed by atoms with Crippen LogP contribution in [0.2, 0.25) is 5.02 Å². The van der Waals surface area contributed by atoms with Crippen LogP contribution < -0.4 is 9.80 Å². The number of benzene rings is 3. The zero-order valence-electron chi connectivity index (χ0n) is 19.3. The summed E-state index contributed by atoms with van der Waals surface area (Å²) in [6.07, 6.45) is 1.99. The first-order chi connectivity index (χ1) is 16.6. The lowest BCUT2D eigenvalue weighted by Gasteiger charge is -2.37. The molecule has 0 spiro atoms. The fourth-order valence-corrected chi connectivity index (χ4v) is 5.39. The molecule has 2 heterocycles. The molecule has 0 amide bonds. The molecule has 1 saturated heterocycles. The van der Waals surface area contributed by atoms with Gasteiger partial charge in [0.05, 0.1) is 0 Å². The van der Waals surface area contributed by atoms with Crippen molar-refractivity contribution in [1.82, 2.24) is 4.90 Å². The molecule has 2 aliphatic heterocycles. The molecule has 34 heavy (non-hydrogen) atoms. The van der Waals surface area contributed by atoms with E-state index in [1.165, 1.54) is 17.8 Å². The standard InChI is InChI=1S/C28H30ClF2N3/c29-22-5-10-25(11-6-22)33-17-14-32(15-18-33)16-19-34-13-1-2-26(21-3-7-23(30)8-4-21)27-12-9-24(31)20-28(27)34/h3-12,20,26H,1-2,13-19H2. The Morgan fingerprint density at radius 3 is 2.21 bits per heavy atom. The van der Waals surface area contributed by atoms with Crippen LogP contribution in [0.15, 0.2) is 66.7 Å². The minimum atomic E-state index is -0.227. The van der Waals surface area contributed by atoms with Gasteiger partial charge in [-0.05, 0) is 72.5 Å². The summed E-state index contributed by atoms with van der Waals surface area (Å²) in [6.45, 7) is 6.70. The molecule has 0 N–H and O–H groups in total. The molecule has 1 fully saturated rings. The van der Waals surface area contributed by atoms with E-state index < -0.39 is 0 Å². The number of hydrogen-bond acceptors (Lipinski definition) is 3. The van der Waals surface area contributed by atoms with E-state index in [0.717, 1.165) is 80.5 Å². The molecule has 6 heteroatoms. The van der Waals surface area contributed by atoms with Gasteiger partial charge in [0.1, 0.15) is 11.6 Å². The number of halogens is 3. The maximum atomic E-state index is 14.3. The molecule has 3 aromatic rings. The monoisotopic (exact) mass is 481 g/mol. The van der Waals surface area contributed by atoms with Crippen LogP contribution in [0.5, 0.6) is 0 Å². The predicted molar refractivity (Wildman–Crippen MR) is 136 cm³/mol. The first-order valence-electron chi connectivity index (χ1n) is 12.1. The smallest absolute Gasteiger partial charge is 0.125 e. The molecule has 0 aliphatic carbocycles. The number of anilines is 2. The summed E-state index contributed by atoms with van der Waals surface area (Å²) >= 11 is 6.03. The second-order valence-electron chi connectivity index (χ2n) is 9.24. The van der Waals surface area contributed by atoms with Crippen LogP contribution in [-0.2, 0) is 0 Å². The third-order valence-corrected chi connectivity index (χ3v) is 7.40. The van der Waals surface area contributed by atoms with E-state index in [-0.39, 0.29) is 17.6 Å². The topological polar surface area (TPSA) is 9.72 Å². The Morgan fingerprint density at radius 1 is 0.765 bits per heavy atom. The van der Waals surface area contributed by atoms with E-state index in [1.807, 2.05) is 30.3 Å². The molecule has 0 aromatic heterocycles. The maximum Gasteiger partial charge on any atom is 0.125 e. The number of rotatable bonds is 5. The highest BCUT2D eigenvalue weighted by molar-refractivity contribution is 6.30. The van der Waals surface area contributed by atoms with Gasteiger partial charge in [-0.1, -0.05) is 29.8 Å². The van der Waals surface area contributed by atoms with Crippen molar-refractivity contribution in [2.24, 2.45) is 0 Å². The summed E-state index contributed by atoms with van der Waals surface area (Å²) in [5.41, 5.74) is 4.42. The lowest BCUT2D eigenvalue weighted by atomic mass is 9.87. The molecule has 2 aliphatic rings. The van der Waals surface area contributed by atoms with Gasteiger partial charge in [0, 0.05) is 68.1 Å². The second kappa shape index (κ2) is 10.3. The number of hydrogen-bond donors (Lipinski definition) is 0. The normalized spacial score (nSPS) is 19.1. The van der Waals surface area contributed by atoms with Gasteiger partial charge in [0.2, 0.25) is 0 Å². The predicted octanol–water partition coefficient (Wildman–Crippen LogP) is 6.17. The fraction of sp³-hybridized carbons (Fsp3) is 0.357. The van der Waals surface area contributed by atoms with Gasteiger partial charge in [-0.15, -0.1) is 0 Å². The van der Waals surface area contributed by atoms with Gasteiger partial charge in [0.15, 0.2) is 0 Å². The number of piperazine rings is 1. The van der Waals surface area contributed by atoms with Crippen LogP contribution in [0.4, 0.5) is 20.2 Å². The van der Waals surface area contributed by atoms with Gasteiger partial charge >= 0.3 is 0 Å². The summed E-state index contributed by atoms with van der Waals surface area (Å²) in [5, 5.41) is 0.762. The van der Waals surface area contributed by atoms with Crippen molar-refractivity contribution in [1.29, 1.82) is 0 Å². The van der Waals surface area contributed by atoms with Crippen molar-refractivity contribution in [2.45, 2.75) is 18.8 Å². The zero-order valence-corrected chi connectivity index (χ0v) is 20.0. The average Bonchev–Trinajstić information content (AvgIpc) is 3.03. The Kier molecular flexibility index (Phi) is 7.02. The van der Waals surface area contributed by atoms with Crippen molar-refractivity contribution in [3.63, 3.8) is 0 Å². The number of nitrogens with zero attached hydrogens (tertiary/aromatic N) is 3. The van der Waals surface area contributed by atoms with Crippen molar-refractivity contribution in [2.75, 3.05) is 55.6 Å². The van der Waals surface area contributed by atoms with E-state index in [4.69, 9.17) is 11.6 Å². The highest BCUT2D eigenvalue weighted by atomic mass is 35.5. The lowest BCUT2D eigenvalue weighted by Crippen LogP contribution is -2.48. The minimum Gasteiger partial charge on any atom is -0.370 e. The summed E-state index contributed by atoms with van der Waals surface area (Å²) in [5.74, 6) is -0.279. The molecule has 3 nitrogen and oxygen atoms in total. The van der Waals surface area contributed by atoms with Crippen LogP contribution in [0, 0.1) is 11.6 Å². The average molecular weight is 482 g/mol. The van der Waals surface area contributed by atoms with Gasteiger partial charge in [0.25, 0.3) is 0 Å². The lowest BCUT2D eigenvalue weighted by molar-refractivity contribution is 0.262. The Bertz CT molecular complexity index is 1100. The van der Waals surface area contributed by atoms with Crippen molar-refractivity contribution in [3.8, 4) is 0 Å². The van der Waals surface area contributed by atoms with Crippen molar-refractivity contribution < 1.29 is 8.78 Å². The summed E-state index contributed by atoms with van der Waals surface area (Å²) in [4.78, 5) is 7.23. The molecule has 0 radical (unpaired) electrons. The van der Waals surface area contributed by atoms with Gasteiger partial charge < -0.3 is 9.80 Å². The van der Waals surface area contributed by atoms with E-state index in [0.29, 0.717) is 0 Å². The van der Waals surface area contributed by atoms with E-state index in [2.05, 4.69) is 26.8 Å². The summed E-state index contributed by atoms with van der Waals surface area (Å²) in [6, 6.07) is 20.0. The SMILES string of the molecule is Fc1ccc(C2CCCN(CCN3CCN(c4ccc(Cl)cc4)CC3)c3cc(F)ccc32)cc1. The van der Waals surface area contributed by atoms with Gasteiger partial charge in [-0.2, -0.15) is 0 Å². The molecular weight excluding hydrogens is 452 g/mol. The van der Waals surface area contributed by atoms with Crippen LogP contribution in [0.3, 0.4) is 0 Å². The molecule has 1 unspecified atom stereocenters. The fourth-order valence-electron chi connectivity index (χ4n) is 5.26. The van der Waals surface area contributed by atoms with E-state index in [1.54, 1.807) is 12.1 Å². The molecule has 178 valence electrons. The highest BCUT2D eigenvalue weighted by Gasteiger charge is 2.26. The van der Waals surface area contributed by atoms with Crippen LogP contribution in [0.1, 0.15) is 29.9 Å². The van der Waals surface area contributed by atoms with E-state index >= 15 is 0 Å². The first-order valence-corrected chi connectivity index (χ1v) is 12.5. The molecule has 3 aromatic carbocycles. The van der Waals surface area contributed by atoms with Gasteiger partial charge in [-0.25, -0.2) is 8.78 Å². The Morgan fingerprint density at radius 2 is 1.47 bits per heavy atom. The second-order valence-corrected chi connectivity index (χ2v) is 9.68. The molecule has 5 rings (SSSR count). The quantitative estimate of drug-likeness (QED) is 0.431. The maximum absolute atomic E-state index is 14.3. The highest BCUT2D eigenvalue weighted by Crippen LogP contribution is 2.39. The largest absolute Gasteiger partial charge is 0.370 e.